The van der Waals surface area contributed by atoms with Crippen LogP contribution in [0.3, 0.4) is 0 Å². The van der Waals surface area contributed by atoms with Gasteiger partial charge in [-0.2, -0.15) is 5.26 Å². The van der Waals surface area contributed by atoms with Gasteiger partial charge in [-0.25, -0.2) is 9.18 Å². The van der Waals surface area contributed by atoms with E-state index in [4.69, 9.17) is 9.47 Å². The van der Waals surface area contributed by atoms with Crippen molar-refractivity contribution in [3.05, 3.63) is 33.1 Å². The first-order chi connectivity index (χ1) is 11.3. The van der Waals surface area contributed by atoms with E-state index in [1.54, 1.807) is 6.07 Å². The summed E-state index contributed by atoms with van der Waals surface area (Å²) in [7, 11) is 0. The first-order valence-electron chi connectivity index (χ1n) is 6.72. The molecule has 0 radical (unpaired) electrons. The number of aliphatic hydroxyl groups is 2. The average Bonchev–Trinajstić information content (AvgIpc) is 2.78. The third kappa shape index (κ3) is 2.50. The number of aromatic nitrogens is 2. The second-order valence-electron chi connectivity index (χ2n) is 5.22. The summed E-state index contributed by atoms with van der Waals surface area (Å²) < 4.78 is 24.1. The van der Waals surface area contributed by atoms with Crippen LogP contribution in [0.15, 0.2) is 21.9 Å². The topological polar surface area (TPSA) is 155 Å². The molecule has 0 aliphatic carbocycles. The maximum Gasteiger partial charge on any atom is 0.331 e. The zero-order chi connectivity index (χ0) is 18.1. The van der Waals surface area contributed by atoms with Gasteiger partial charge in [0.1, 0.15) is 18.8 Å². The van der Waals surface area contributed by atoms with Crippen molar-refractivity contribution in [3.63, 3.8) is 0 Å². The SMILES string of the molecule is CC(=O)O[C@@H]1[C@H](O)[C@](CO)(CF)O[C@@]1(C#N)n1ccc(=O)[nH]c1=O. The number of alkyl halides is 1. The summed E-state index contributed by atoms with van der Waals surface area (Å²) in [6.45, 7) is -1.51. The highest BCUT2D eigenvalue weighted by atomic mass is 19.1. The maximum absolute atomic E-state index is 13.4. The summed E-state index contributed by atoms with van der Waals surface area (Å²) in [5.74, 6) is -0.938. The number of hydrogen-bond acceptors (Lipinski definition) is 8. The molecule has 1 fully saturated rings. The largest absolute Gasteiger partial charge is 0.453 e. The van der Waals surface area contributed by atoms with Gasteiger partial charge in [0.25, 0.3) is 11.3 Å². The van der Waals surface area contributed by atoms with E-state index in [0.717, 1.165) is 19.2 Å². The van der Waals surface area contributed by atoms with Crippen LogP contribution >= 0.6 is 0 Å². The molecule has 0 saturated carbocycles. The number of esters is 1. The normalized spacial score (nSPS) is 32.3. The number of nitriles is 1. The molecule has 0 spiro atoms. The van der Waals surface area contributed by atoms with Gasteiger partial charge in [-0.05, 0) is 0 Å². The number of H-pyrrole nitrogens is 1. The summed E-state index contributed by atoms with van der Waals surface area (Å²) in [5.41, 5.74) is -6.65. The van der Waals surface area contributed by atoms with Crippen molar-refractivity contribution in [1.82, 2.24) is 9.55 Å². The smallest absolute Gasteiger partial charge is 0.331 e. The van der Waals surface area contributed by atoms with E-state index in [0.29, 0.717) is 4.57 Å². The molecule has 1 aromatic heterocycles. The minimum absolute atomic E-state index is 0.554. The summed E-state index contributed by atoms with van der Waals surface area (Å²) in [6, 6.07) is 2.45. The van der Waals surface area contributed by atoms with Crippen LogP contribution in [0, 0.1) is 11.3 Å². The minimum atomic E-state index is -2.48. The van der Waals surface area contributed by atoms with E-state index >= 15 is 0 Å². The van der Waals surface area contributed by atoms with Crippen LogP contribution in [0.2, 0.25) is 0 Å². The van der Waals surface area contributed by atoms with Gasteiger partial charge in [-0.1, -0.05) is 0 Å². The molecule has 0 amide bonds. The lowest BCUT2D eigenvalue weighted by Crippen LogP contribution is -2.52. The van der Waals surface area contributed by atoms with E-state index in [1.807, 2.05) is 4.98 Å². The van der Waals surface area contributed by atoms with Crippen LogP contribution in [-0.4, -0.2) is 56.8 Å². The Labute approximate surface area is 133 Å². The number of aromatic amines is 1. The zero-order valence-corrected chi connectivity index (χ0v) is 12.4. The second kappa shape index (κ2) is 6.16. The first-order valence-corrected chi connectivity index (χ1v) is 6.72. The number of nitrogens with one attached hydrogen (secondary N) is 1. The number of carbonyl (C=O) groups excluding carboxylic acids is 1. The fraction of sp³-hybridized carbons (Fsp3) is 0.538. The Hall–Kier alpha value is -2.55. The van der Waals surface area contributed by atoms with Crippen LogP contribution < -0.4 is 11.2 Å². The summed E-state index contributed by atoms with van der Waals surface area (Å²) in [6.07, 6.45) is -2.90. The molecule has 0 aromatic carbocycles. The van der Waals surface area contributed by atoms with Gasteiger partial charge in [-0.3, -0.25) is 19.1 Å². The van der Waals surface area contributed by atoms with Gasteiger partial charge in [0.2, 0.25) is 0 Å². The molecule has 2 rings (SSSR count). The minimum Gasteiger partial charge on any atom is -0.453 e. The lowest BCUT2D eigenvalue weighted by atomic mass is 9.94. The third-order valence-electron chi connectivity index (χ3n) is 3.70. The van der Waals surface area contributed by atoms with Crippen LogP contribution in [0.5, 0.6) is 0 Å². The molecule has 2 heterocycles. The van der Waals surface area contributed by atoms with Crippen molar-refractivity contribution >= 4 is 5.97 Å². The average molecular weight is 343 g/mol. The van der Waals surface area contributed by atoms with E-state index in [2.05, 4.69) is 0 Å². The molecule has 3 N–H and O–H groups in total. The highest BCUT2D eigenvalue weighted by Crippen LogP contribution is 2.42. The Morgan fingerprint density at radius 3 is 2.75 bits per heavy atom. The van der Waals surface area contributed by atoms with Crippen LogP contribution in [0.1, 0.15) is 6.92 Å². The molecule has 0 unspecified atom stereocenters. The lowest BCUT2D eigenvalue weighted by Gasteiger charge is -2.29. The molecule has 0 bridgehead atoms. The van der Waals surface area contributed by atoms with Crippen molar-refractivity contribution in [2.45, 2.75) is 30.5 Å². The molecule has 4 atom stereocenters. The Kier molecular flexibility index (Phi) is 4.57. The third-order valence-corrected chi connectivity index (χ3v) is 3.70. The summed E-state index contributed by atoms with van der Waals surface area (Å²) in [4.78, 5) is 36.4. The Balaban J connectivity index is 2.72. The van der Waals surface area contributed by atoms with E-state index in [9.17, 15) is 34.2 Å². The van der Waals surface area contributed by atoms with Crippen molar-refractivity contribution in [1.29, 1.82) is 5.26 Å². The number of ether oxygens (including phenoxy) is 2. The molecule has 1 aliphatic rings. The van der Waals surface area contributed by atoms with Crippen LogP contribution in [0.25, 0.3) is 0 Å². The van der Waals surface area contributed by atoms with Gasteiger partial charge in [0.05, 0.1) is 6.61 Å². The predicted octanol–water partition coefficient (Wildman–Crippen LogP) is -2.26. The van der Waals surface area contributed by atoms with Gasteiger partial charge >= 0.3 is 11.7 Å². The molecule has 1 saturated heterocycles. The predicted molar refractivity (Wildman–Crippen MR) is 73.3 cm³/mol. The molecular weight excluding hydrogens is 329 g/mol. The van der Waals surface area contributed by atoms with Gasteiger partial charge in [-0.15, -0.1) is 0 Å². The molecule has 130 valence electrons. The van der Waals surface area contributed by atoms with Gasteiger partial charge in [0, 0.05) is 19.2 Å². The molecule has 1 aliphatic heterocycles. The number of hydrogen-bond donors (Lipinski definition) is 3. The zero-order valence-electron chi connectivity index (χ0n) is 12.4. The van der Waals surface area contributed by atoms with Crippen LogP contribution in [-0.2, 0) is 20.0 Å². The van der Waals surface area contributed by atoms with Crippen molar-refractivity contribution < 1.29 is 28.9 Å². The maximum atomic E-state index is 13.4. The number of aliphatic hydroxyl groups excluding tert-OH is 2. The van der Waals surface area contributed by atoms with E-state index in [-0.39, 0.29) is 0 Å². The summed E-state index contributed by atoms with van der Waals surface area (Å²) in [5, 5.41) is 29.2. The van der Waals surface area contributed by atoms with Crippen LogP contribution in [0.4, 0.5) is 4.39 Å². The fourth-order valence-electron chi connectivity index (χ4n) is 2.52. The Morgan fingerprint density at radius 1 is 1.62 bits per heavy atom. The molecule has 10 nitrogen and oxygen atoms in total. The number of rotatable bonds is 4. The highest BCUT2D eigenvalue weighted by molar-refractivity contribution is 5.66. The first kappa shape index (κ1) is 17.8. The van der Waals surface area contributed by atoms with Gasteiger partial charge < -0.3 is 19.7 Å². The quantitative estimate of drug-likeness (QED) is 0.517. The summed E-state index contributed by atoms with van der Waals surface area (Å²) >= 11 is 0. The highest BCUT2D eigenvalue weighted by Gasteiger charge is 2.66. The van der Waals surface area contributed by atoms with E-state index in [1.165, 1.54) is 0 Å². The number of nitrogens with zero attached hydrogens (tertiary/aromatic N) is 2. The lowest BCUT2D eigenvalue weighted by molar-refractivity contribution is -0.177. The molecule has 24 heavy (non-hydrogen) atoms. The Bertz CT molecular complexity index is 794. The Morgan fingerprint density at radius 2 is 2.29 bits per heavy atom. The van der Waals surface area contributed by atoms with Crippen molar-refractivity contribution in [2.24, 2.45) is 0 Å². The molecule has 11 heteroatoms. The van der Waals surface area contributed by atoms with Crippen molar-refractivity contribution in [2.75, 3.05) is 13.3 Å². The second-order valence-corrected chi connectivity index (χ2v) is 5.22. The van der Waals surface area contributed by atoms with Gasteiger partial charge in [0.15, 0.2) is 11.7 Å². The standard InChI is InChI=1S/C13H14FN3O7/c1-7(19)23-10-9(21)12(4-14,6-18)24-13(10,5-15)17-3-2-8(20)16-11(17)22/h2-3,9-10,18,21H,4,6H2,1H3,(H,16,20,22)/t9-,10+,12+,13+/m0/s1. The van der Waals surface area contributed by atoms with Crippen molar-refractivity contribution in [3.8, 4) is 6.07 Å². The monoisotopic (exact) mass is 343 g/mol. The van der Waals surface area contributed by atoms with E-state index < -0.39 is 54.0 Å². The fourth-order valence-corrected chi connectivity index (χ4v) is 2.52. The number of carbonyl (C=O) groups is 1. The molecular formula is C13H14FN3O7. The number of halogens is 1. The molecule has 1 aromatic rings.